The van der Waals surface area contributed by atoms with Crippen molar-refractivity contribution in [3.05, 3.63) is 81.9 Å². The minimum Gasteiger partial charge on any atom is -0.489 e. The molecule has 144 valence electrons. The molecule has 1 aliphatic heterocycles. The maximum absolute atomic E-state index is 10.8. The van der Waals surface area contributed by atoms with Crippen LogP contribution in [-0.2, 0) is 24.5 Å². The summed E-state index contributed by atoms with van der Waals surface area (Å²) in [7, 11) is 0. The van der Waals surface area contributed by atoms with Crippen molar-refractivity contribution in [1.29, 1.82) is 0 Å². The van der Waals surface area contributed by atoms with Crippen LogP contribution in [0.15, 0.2) is 60.7 Å². The van der Waals surface area contributed by atoms with Crippen molar-refractivity contribution in [2.75, 3.05) is 11.9 Å². The van der Waals surface area contributed by atoms with Crippen LogP contribution in [0.4, 0.5) is 11.6 Å². The molecule has 0 amide bonds. The van der Waals surface area contributed by atoms with E-state index in [0.29, 0.717) is 32.1 Å². The molecule has 1 unspecified atom stereocenters. The molecule has 8 heteroatoms. The minimum atomic E-state index is -0.496. The first kappa shape index (κ1) is 18.0. The highest BCUT2D eigenvalue weighted by Gasteiger charge is 2.26. The van der Waals surface area contributed by atoms with E-state index in [1.807, 2.05) is 54.6 Å². The third-order valence-corrected chi connectivity index (χ3v) is 4.50. The van der Waals surface area contributed by atoms with E-state index in [0.717, 1.165) is 16.9 Å². The molecule has 1 aliphatic rings. The van der Waals surface area contributed by atoms with Crippen LogP contribution in [0.2, 0.25) is 0 Å². The molecule has 0 fully saturated rings. The zero-order valence-electron chi connectivity index (χ0n) is 15.2. The maximum atomic E-state index is 10.8. The number of hydrogen-bond acceptors (Lipinski definition) is 6. The Hall–Kier alpha value is -3.39. The van der Waals surface area contributed by atoms with Crippen LogP contribution in [0, 0.1) is 10.1 Å². The number of nitrogens with zero attached hydrogens (tertiary/aromatic N) is 3. The number of rotatable bonds is 7. The third kappa shape index (κ3) is 4.29. The van der Waals surface area contributed by atoms with Crippen LogP contribution < -0.4 is 10.1 Å². The van der Waals surface area contributed by atoms with Crippen molar-refractivity contribution in [2.24, 2.45) is 0 Å². The van der Waals surface area contributed by atoms with E-state index in [4.69, 9.17) is 9.47 Å². The average Bonchev–Trinajstić information content (AvgIpc) is 3.16. The van der Waals surface area contributed by atoms with Crippen LogP contribution in [0.25, 0.3) is 0 Å². The predicted molar refractivity (Wildman–Crippen MR) is 103 cm³/mol. The molecule has 0 saturated heterocycles. The maximum Gasteiger partial charge on any atom is 0.392 e. The number of aromatic nitrogens is 2. The average molecular weight is 380 g/mol. The van der Waals surface area contributed by atoms with Gasteiger partial charge in [0.1, 0.15) is 12.4 Å². The van der Waals surface area contributed by atoms with Crippen LogP contribution in [-0.4, -0.2) is 27.4 Å². The fourth-order valence-electron chi connectivity index (χ4n) is 3.00. The summed E-state index contributed by atoms with van der Waals surface area (Å²) in [4.78, 5) is 10.3. The molecule has 1 N–H and O–H groups in total. The van der Waals surface area contributed by atoms with Crippen molar-refractivity contribution in [1.82, 2.24) is 9.78 Å². The van der Waals surface area contributed by atoms with Gasteiger partial charge in [0.25, 0.3) is 0 Å². The number of nitro groups is 1. The van der Waals surface area contributed by atoms with Crippen LogP contribution in [0.5, 0.6) is 5.75 Å². The summed E-state index contributed by atoms with van der Waals surface area (Å²) >= 11 is 0. The van der Waals surface area contributed by atoms with E-state index >= 15 is 0 Å². The lowest BCUT2D eigenvalue weighted by Crippen LogP contribution is -2.34. The van der Waals surface area contributed by atoms with Gasteiger partial charge in [-0.05, 0) is 28.2 Å². The Bertz CT molecular complexity index is 941. The summed E-state index contributed by atoms with van der Waals surface area (Å²) < 4.78 is 13.3. The Morgan fingerprint density at radius 1 is 1.11 bits per heavy atom. The highest BCUT2D eigenvalue weighted by atomic mass is 16.6. The van der Waals surface area contributed by atoms with E-state index in [-0.39, 0.29) is 11.9 Å². The molecule has 8 nitrogen and oxygen atoms in total. The Labute approximate surface area is 161 Å². The zero-order chi connectivity index (χ0) is 19.3. The molecular formula is C20H20N4O4. The highest BCUT2D eigenvalue weighted by Crippen LogP contribution is 2.22. The monoisotopic (exact) mass is 380 g/mol. The number of nitrogens with one attached hydrogen (secondary N) is 1. The molecule has 1 aromatic heterocycles. The van der Waals surface area contributed by atoms with Gasteiger partial charge in [0.2, 0.25) is 0 Å². The van der Waals surface area contributed by atoms with Gasteiger partial charge in [-0.2, -0.15) is 4.68 Å². The van der Waals surface area contributed by atoms with Gasteiger partial charge < -0.3 is 24.9 Å². The van der Waals surface area contributed by atoms with Crippen molar-refractivity contribution in [3.63, 3.8) is 0 Å². The largest absolute Gasteiger partial charge is 0.489 e. The van der Waals surface area contributed by atoms with E-state index in [9.17, 15) is 10.1 Å². The SMILES string of the molecule is O=[N+]([O-])c1cc2n(n1)CC(OCc1ccc(OCc3ccccc3)cc1)CN2. The van der Waals surface area contributed by atoms with Gasteiger partial charge in [0.15, 0.2) is 5.82 Å². The summed E-state index contributed by atoms with van der Waals surface area (Å²) in [6, 6.07) is 19.2. The molecule has 0 spiro atoms. The van der Waals surface area contributed by atoms with Gasteiger partial charge in [0.05, 0.1) is 30.4 Å². The summed E-state index contributed by atoms with van der Waals surface area (Å²) in [5.41, 5.74) is 2.15. The molecule has 3 aromatic rings. The number of fused-ring (bicyclic) bond motifs is 1. The first-order valence-corrected chi connectivity index (χ1v) is 9.01. The predicted octanol–water partition coefficient (Wildman–Crippen LogP) is 3.38. The molecule has 2 heterocycles. The van der Waals surface area contributed by atoms with E-state index in [1.54, 1.807) is 4.68 Å². The minimum absolute atomic E-state index is 0.110. The fourth-order valence-corrected chi connectivity index (χ4v) is 3.00. The van der Waals surface area contributed by atoms with Crippen molar-refractivity contribution < 1.29 is 14.4 Å². The summed E-state index contributed by atoms with van der Waals surface area (Å²) in [6.07, 6.45) is -0.110. The van der Waals surface area contributed by atoms with Gasteiger partial charge in [-0.3, -0.25) is 0 Å². The second-order valence-electron chi connectivity index (χ2n) is 6.56. The topological polar surface area (TPSA) is 91.5 Å². The Kier molecular flexibility index (Phi) is 5.20. The Morgan fingerprint density at radius 3 is 2.61 bits per heavy atom. The van der Waals surface area contributed by atoms with Gasteiger partial charge in [0, 0.05) is 6.54 Å². The quantitative estimate of drug-likeness (QED) is 0.499. The summed E-state index contributed by atoms with van der Waals surface area (Å²) in [5.74, 6) is 1.29. The molecular weight excluding hydrogens is 360 g/mol. The molecule has 1 atom stereocenters. The second kappa shape index (κ2) is 8.10. The van der Waals surface area contributed by atoms with Crippen molar-refractivity contribution in [2.45, 2.75) is 25.9 Å². The van der Waals surface area contributed by atoms with Gasteiger partial charge in [-0.25, -0.2) is 0 Å². The smallest absolute Gasteiger partial charge is 0.392 e. The molecule has 0 aliphatic carbocycles. The number of benzene rings is 2. The van der Waals surface area contributed by atoms with E-state index in [1.165, 1.54) is 6.07 Å². The molecule has 0 bridgehead atoms. The normalized spacial score (nSPS) is 15.5. The first-order valence-electron chi connectivity index (χ1n) is 9.01. The number of ether oxygens (including phenoxy) is 2. The van der Waals surface area contributed by atoms with Crippen LogP contribution in [0.1, 0.15) is 11.1 Å². The molecule has 28 heavy (non-hydrogen) atoms. The van der Waals surface area contributed by atoms with E-state index in [2.05, 4.69) is 10.4 Å². The van der Waals surface area contributed by atoms with Crippen LogP contribution in [0.3, 0.4) is 0 Å². The fraction of sp³-hybridized carbons (Fsp3) is 0.250. The van der Waals surface area contributed by atoms with Crippen molar-refractivity contribution >= 4 is 11.6 Å². The Balaban J connectivity index is 1.27. The van der Waals surface area contributed by atoms with Gasteiger partial charge in [-0.15, -0.1) is 0 Å². The first-order chi connectivity index (χ1) is 13.7. The molecule has 0 saturated carbocycles. The highest BCUT2D eigenvalue weighted by molar-refractivity contribution is 5.43. The molecule has 2 aromatic carbocycles. The summed E-state index contributed by atoms with van der Waals surface area (Å²) in [5, 5.41) is 17.9. The molecule has 0 radical (unpaired) electrons. The Morgan fingerprint density at radius 2 is 1.86 bits per heavy atom. The molecule has 4 rings (SSSR count). The lowest BCUT2D eigenvalue weighted by molar-refractivity contribution is -0.389. The van der Waals surface area contributed by atoms with Crippen LogP contribution >= 0.6 is 0 Å². The zero-order valence-corrected chi connectivity index (χ0v) is 15.2. The van der Waals surface area contributed by atoms with Gasteiger partial charge >= 0.3 is 5.82 Å². The van der Waals surface area contributed by atoms with E-state index < -0.39 is 4.92 Å². The third-order valence-electron chi connectivity index (χ3n) is 4.50. The second-order valence-corrected chi connectivity index (χ2v) is 6.56. The summed E-state index contributed by atoms with van der Waals surface area (Å²) in [6.45, 7) is 2.04. The number of anilines is 1. The van der Waals surface area contributed by atoms with Gasteiger partial charge in [-0.1, -0.05) is 42.5 Å². The lowest BCUT2D eigenvalue weighted by Gasteiger charge is -2.23. The number of hydrogen-bond donors (Lipinski definition) is 1. The standard InChI is InChI=1S/C20H20N4O4/c25-24(26)20-10-19-21-11-18(12-23(19)22-20)28-14-16-6-8-17(9-7-16)27-13-15-4-2-1-3-5-15/h1-10,18,21H,11-14H2. The van der Waals surface area contributed by atoms with Crippen molar-refractivity contribution in [3.8, 4) is 5.75 Å². The lowest BCUT2D eigenvalue weighted by atomic mass is 10.2.